The lowest BCUT2D eigenvalue weighted by Crippen LogP contribution is -2.29. The quantitative estimate of drug-likeness (QED) is 0.318. The molecule has 166 valence electrons. The molecular formula is C26H23BrN4OS. The second kappa shape index (κ2) is 8.65. The Balaban J connectivity index is 1.69. The van der Waals surface area contributed by atoms with Gasteiger partial charge in [-0.2, -0.15) is 0 Å². The minimum atomic E-state index is -0.124. The standard InChI is InChI=1S/C26H23BrN4OS/c1-16-15-20(17(2)30(16)22-8-3-4-9-23(22)32)25-24(21-7-5-6-14-28-21)29-26(33)31(25)19-12-10-18(27)11-13-19/h3-15,24-25,32H,1-2H3,(H,29,33)/t24-,25-/m0/s1. The van der Waals surface area contributed by atoms with Gasteiger partial charge in [0.2, 0.25) is 0 Å². The first-order chi connectivity index (χ1) is 16.0. The van der Waals surface area contributed by atoms with Crippen molar-refractivity contribution >= 4 is 38.9 Å². The maximum Gasteiger partial charge on any atom is 0.174 e. The molecule has 1 aliphatic heterocycles. The van der Waals surface area contributed by atoms with Crippen LogP contribution in [0.15, 0.2) is 83.5 Å². The van der Waals surface area contributed by atoms with Crippen LogP contribution >= 0.6 is 28.1 Å². The van der Waals surface area contributed by atoms with Gasteiger partial charge in [-0.05, 0) is 86.2 Å². The van der Waals surface area contributed by atoms with E-state index < -0.39 is 0 Å². The minimum Gasteiger partial charge on any atom is -0.506 e. The number of benzene rings is 2. The summed E-state index contributed by atoms with van der Waals surface area (Å²) >= 11 is 9.37. The average Bonchev–Trinajstić information content (AvgIpc) is 3.31. The Morgan fingerprint density at radius 2 is 1.73 bits per heavy atom. The first-order valence-corrected chi connectivity index (χ1v) is 11.9. The van der Waals surface area contributed by atoms with Crippen LogP contribution in [0, 0.1) is 13.8 Å². The van der Waals surface area contributed by atoms with E-state index in [0.717, 1.165) is 38.5 Å². The number of para-hydroxylation sites is 2. The van der Waals surface area contributed by atoms with E-state index in [1.807, 2.05) is 54.7 Å². The molecule has 33 heavy (non-hydrogen) atoms. The normalized spacial score (nSPS) is 17.9. The Morgan fingerprint density at radius 3 is 2.42 bits per heavy atom. The average molecular weight is 519 g/mol. The van der Waals surface area contributed by atoms with Crippen molar-refractivity contribution in [1.82, 2.24) is 14.9 Å². The van der Waals surface area contributed by atoms with E-state index in [9.17, 15) is 5.11 Å². The molecule has 0 unspecified atom stereocenters. The number of phenolic OH excluding ortho intramolecular Hbond substituents is 1. The monoisotopic (exact) mass is 518 g/mol. The van der Waals surface area contributed by atoms with Crippen molar-refractivity contribution in [1.29, 1.82) is 0 Å². The van der Waals surface area contributed by atoms with Gasteiger partial charge in [0.05, 0.1) is 23.5 Å². The minimum absolute atomic E-state index is 0.112. The summed E-state index contributed by atoms with van der Waals surface area (Å²) in [6.07, 6.45) is 1.81. The van der Waals surface area contributed by atoms with Gasteiger partial charge < -0.3 is 19.9 Å². The molecule has 2 N–H and O–H groups in total. The van der Waals surface area contributed by atoms with Crippen LogP contribution in [0.2, 0.25) is 0 Å². The smallest absolute Gasteiger partial charge is 0.174 e. The lowest BCUT2D eigenvalue weighted by atomic mass is 9.96. The van der Waals surface area contributed by atoms with Crippen molar-refractivity contribution in [2.45, 2.75) is 25.9 Å². The highest BCUT2D eigenvalue weighted by Crippen LogP contribution is 2.44. The van der Waals surface area contributed by atoms with Crippen LogP contribution in [-0.4, -0.2) is 19.8 Å². The molecule has 0 bridgehead atoms. The number of nitrogens with one attached hydrogen (secondary N) is 1. The van der Waals surface area contributed by atoms with E-state index in [1.165, 1.54) is 0 Å². The largest absolute Gasteiger partial charge is 0.506 e. The van der Waals surface area contributed by atoms with Crippen molar-refractivity contribution in [2.24, 2.45) is 0 Å². The summed E-state index contributed by atoms with van der Waals surface area (Å²) < 4.78 is 3.11. The summed E-state index contributed by atoms with van der Waals surface area (Å²) in [6.45, 7) is 4.15. The fraction of sp³-hybridized carbons (Fsp3) is 0.154. The number of rotatable bonds is 4. The molecule has 0 radical (unpaired) electrons. The predicted octanol–water partition coefficient (Wildman–Crippen LogP) is 6.13. The molecule has 0 spiro atoms. The lowest BCUT2D eigenvalue weighted by molar-refractivity contribution is 0.471. The zero-order valence-electron chi connectivity index (χ0n) is 18.2. The number of aromatic hydroxyl groups is 1. The van der Waals surface area contributed by atoms with Gasteiger partial charge >= 0.3 is 0 Å². The van der Waals surface area contributed by atoms with Gasteiger partial charge in [0.25, 0.3) is 0 Å². The number of aromatic nitrogens is 2. The first-order valence-electron chi connectivity index (χ1n) is 10.7. The number of thiocarbonyl (C=S) groups is 1. The Kier molecular flexibility index (Phi) is 5.68. The van der Waals surface area contributed by atoms with Gasteiger partial charge in [0, 0.05) is 27.7 Å². The molecule has 1 saturated heterocycles. The maximum absolute atomic E-state index is 10.5. The van der Waals surface area contributed by atoms with Crippen LogP contribution in [0.3, 0.4) is 0 Å². The second-order valence-corrected chi connectivity index (χ2v) is 9.43. The molecule has 5 nitrogen and oxygen atoms in total. The van der Waals surface area contributed by atoms with E-state index in [2.05, 4.69) is 67.7 Å². The van der Waals surface area contributed by atoms with Crippen molar-refractivity contribution in [3.05, 3.63) is 106 Å². The van der Waals surface area contributed by atoms with Crippen LogP contribution in [0.4, 0.5) is 5.69 Å². The Hall–Kier alpha value is -3.16. The third-order valence-electron chi connectivity index (χ3n) is 6.11. The van der Waals surface area contributed by atoms with Gasteiger partial charge in [-0.15, -0.1) is 0 Å². The summed E-state index contributed by atoms with van der Waals surface area (Å²) in [4.78, 5) is 6.81. The molecule has 7 heteroatoms. The first kappa shape index (κ1) is 21.7. The number of halogens is 1. The molecular weight excluding hydrogens is 496 g/mol. The van der Waals surface area contributed by atoms with Crippen LogP contribution in [-0.2, 0) is 0 Å². The SMILES string of the molecule is Cc1cc([C@H]2[C@H](c3ccccn3)NC(=S)N2c2ccc(Br)cc2)c(C)n1-c1ccccc1O. The third kappa shape index (κ3) is 3.81. The van der Waals surface area contributed by atoms with Crippen LogP contribution in [0.1, 0.15) is 34.7 Å². The number of aryl methyl sites for hydroxylation is 1. The molecule has 2 atom stereocenters. The number of pyridine rings is 1. The summed E-state index contributed by atoms with van der Waals surface area (Å²) in [5.41, 5.74) is 5.91. The molecule has 3 heterocycles. The summed E-state index contributed by atoms with van der Waals surface area (Å²) in [5.74, 6) is 0.247. The third-order valence-corrected chi connectivity index (χ3v) is 6.96. The number of nitrogens with zero attached hydrogens (tertiary/aromatic N) is 3. The molecule has 0 aliphatic carbocycles. The summed E-state index contributed by atoms with van der Waals surface area (Å²) in [6, 6.07) is 23.5. The highest BCUT2D eigenvalue weighted by molar-refractivity contribution is 9.10. The molecule has 0 amide bonds. The van der Waals surface area contributed by atoms with Crippen molar-refractivity contribution in [2.75, 3.05) is 4.90 Å². The number of phenols is 1. The predicted molar refractivity (Wildman–Crippen MR) is 139 cm³/mol. The second-order valence-electron chi connectivity index (χ2n) is 8.12. The number of hydrogen-bond acceptors (Lipinski definition) is 3. The van der Waals surface area contributed by atoms with E-state index in [-0.39, 0.29) is 17.8 Å². The zero-order chi connectivity index (χ0) is 23.1. The highest BCUT2D eigenvalue weighted by atomic mass is 79.9. The molecule has 1 aliphatic rings. The molecule has 1 fully saturated rings. The Bertz CT molecular complexity index is 1320. The highest BCUT2D eigenvalue weighted by Gasteiger charge is 2.42. The van der Waals surface area contributed by atoms with E-state index >= 15 is 0 Å². The lowest BCUT2D eigenvalue weighted by Gasteiger charge is -2.28. The summed E-state index contributed by atoms with van der Waals surface area (Å²) in [5, 5.41) is 14.7. The molecule has 2 aromatic carbocycles. The molecule has 2 aromatic heterocycles. The zero-order valence-corrected chi connectivity index (χ0v) is 20.6. The van der Waals surface area contributed by atoms with Crippen LogP contribution in [0.25, 0.3) is 5.69 Å². The van der Waals surface area contributed by atoms with Gasteiger partial charge in [0.1, 0.15) is 5.75 Å². The fourth-order valence-electron chi connectivity index (χ4n) is 4.66. The maximum atomic E-state index is 10.5. The number of anilines is 1. The van der Waals surface area contributed by atoms with E-state index in [1.54, 1.807) is 6.07 Å². The molecule has 4 aromatic rings. The van der Waals surface area contributed by atoms with E-state index in [0.29, 0.717) is 5.11 Å². The van der Waals surface area contributed by atoms with Gasteiger partial charge in [0.15, 0.2) is 5.11 Å². The Labute approximate surface area is 206 Å². The van der Waals surface area contributed by atoms with E-state index in [4.69, 9.17) is 12.2 Å². The van der Waals surface area contributed by atoms with Crippen molar-refractivity contribution in [3.8, 4) is 11.4 Å². The van der Waals surface area contributed by atoms with Gasteiger partial charge in [-0.1, -0.05) is 34.1 Å². The molecule has 0 saturated carbocycles. The van der Waals surface area contributed by atoms with Crippen molar-refractivity contribution < 1.29 is 5.11 Å². The fourth-order valence-corrected chi connectivity index (χ4v) is 5.27. The van der Waals surface area contributed by atoms with Crippen LogP contribution < -0.4 is 10.2 Å². The Morgan fingerprint density at radius 1 is 1.00 bits per heavy atom. The van der Waals surface area contributed by atoms with Gasteiger partial charge in [-0.25, -0.2) is 0 Å². The number of hydrogen-bond donors (Lipinski definition) is 2. The van der Waals surface area contributed by atoms with Crippen molar-refractivity contribution in [3.63, 3.8) is 0 Å². The van der Waals surface area contributed by atoms with Crippen LogP contribution in [0.5, 0.6) is 5.75 Å². The molecule has 5 rings (SSSR count). The topological polar surface area (TPSA) is 53.3 Å². The van der Waals surface area contributed by atoms with Gasteiger partial charge in [-0.3, -0.25) is 4.98 Å². The summed E-state index contributed by atoms with van der Waals surface area (Å²) in [7, 11) is 0.